The molecule has 0 spiro atoms. The number of hydrogen-bond donors (Lipinski definition) is 1. The molecule has 7 heteroatoms. The van der Waals surface area contributed by atoms with E-state index in [2.05, 4.69) is 5.32 Å². The molecule has 2 amide bonds. The van der Waals surface area contributed by atoms with E-state index in [0.717, 1.165) is 37.8 Å². The van der Waals surface area contributed by atoms with Crippen molar-refractivity contribution in [3.63, 3.8) is 0 Å². The van der Waals surface area contributed by atoms with Crippen molar-refractivity contribution in [1.29, 1.82) is 0 Å². The molecule has 0 atom stereocenters. The van der Waals surface area contributed by atoms with Gasteiger partial charge in [0.25, 0.3) is 0 Å². The van der Waals surface area contributed by atoms with Crippen LogP contribution in [0.4, 0.5) is 18.9 Å². The molecule has 1 aliphatic rings. The summed E-state index contributed by atoms with van der Waals surface area (Å²) in [5, 5.41) is 2.57. The fourth-order valence-electron chi connectivity index (χ4n) is 3.18. The zero-order valence-corrected chi connectivity index (χ0v) is 14.2. The van der Waals surface area contributed by atoms with Gasteiger partial charge in [-0.3, -0.25) is 9.59 Å². The minimum absolute atomic E-state index is 0.0470. The molecule has 1 aliphatic carbocycles. The number of amides is 2. The average molecular weight is 356 g/mol. The molecule has 0 aromatic heterocycles. The van der Waals surface area contributed by atoms with Crippen LogP contribution >= 0.6 is 0 Å². The predicted molar refractivity (Wildman–Crippen MR) is 89.0 cm³/mol. The summed E-state index contributed by atoms with van der Waals surface area (Å²) in [6, 6.07) is 4.50. The summed E-state index contributed by atoms with van der Waals surface area (Å²) in [6.07, 6.45) is 0.997. The van der Waals surface area contributed by atoms with Gasteiger partial charge in [-0.15, -0.1) is 0 Å². The molecular formula is C18H23F3N2O2. The fraction of sp³-hybridized carbons (Fsp3) is 0.556. The smallest absolute Gasteiger partial charge is 0.339 e. The molecule has 2 rings (SSSR count). The number of carbonyl (C=O) groups is 2. The Kier molecular flexibility index (Phi) is 6.45. The normalized spacial score (nSPS) is 15.7. The summed E-state index contributed by atoms with van der Waals surface area (Å²) in [4.78, 5) is 25.6. The molecule has 0 heterocycles. The maximum absolute atomic E-state index is 12.5. The van der Waals surface area contributed by atoms with Crippen molar-refractivity contribution in [1.82, 2.24) is 4.90 Å². The average Bonchev–Trinajstić information content (AvgIpc) is 2.55. The molecule has 0 bridgehead atoms. The van der Waals surface area contributed by atoms with Crippen LogP contribution in [0.3, 0.4) is 0 Å². The zero-order chi connectivity index (χ0) is 18.4. The summed E-state index contributed by atoms with van der Waals surface area (Å²) in [7, 11) is 0. The minimum atomic E-state index is -4.40. The Morgan fingerprint density at radius 1 is 1.12 bits per heavy atom. The van der Waals surface area contributed by atoms with Gasteiger partial charge in [-0.05, 0) is 37.1 Å². The van der Waals surface area contributed by atoms with E-state index in [4.69, 9.17) is 0 Å². The van der Waals surface area contributed by atoms with Crippen molar-refractivity contribution in [2.24, 2.45) is 0 Å². The molecule has 1 N–H and O–H groups in total. The van der Waals surface area contributed by atoms with Crippen molar-refractivity contribution in [2.75, 3.05) is 11.9 Å². The van der Waals surface area contributed by atoms with E-state index in [1.54, 1.807) is 4.90 Å². The quantitative estimate of drug-likeness (QED) is 0.859. The highest BCUT2D eigenvalue weighted by Gasteiger charge is 2.30. The standard InChI is InChI=1S/C18H23F3N2O2/c1-13(24)23(16-5-3-2-4-6-16)12-11-17(25)22-15-9-7-14(8-10-15)18(19,20)21/h7-10,16H,2-6,11-12H2,1H3,(H,22,25). The SMILES string of the molecule is CC(=O)N(CCC(=O)Nc1ccc(C(F)(F)F)cc1)C1CCCCC1. The first-order valence-corrected chi connectivity index (χ1v) is 8.51. The number of anilines is 1. The molecule has 1 aromatic rings. The number of hydrogen-bond acceptors (Lipinski definition) is 2. The van der Waals surface area contributed by atoms with Gasteiger partial charge < -0.3 is 10.2 Å². The minimum Gasteiger partial charge on any atom is -0.339 e. The molecule has 1 fully saturated rings. The third-order valence-corrected chi connectivity index (χ3v) is 4.50. The van der Waals surface area contributed by atoms with E-state index in [0.29, 0.717) is 12.2 Å². The lowest BCUT2D eigenvalue weighted by Gasteiger charge is -2.33. The lowest BCUT2D eigenvalue weighted by Crippen LogP contribution is -2.41. The highest BCUT2D eigenvalue weighted by molar-refractivity contribution is 5.91. The molecule has 25 heavy (non-hydrogen) atoms. The lowest BCUT2D eigenvalue weighted by molar-refractivity contribution is -0.137. The summed E-state index contributed by atoms with van der Waals surface area (Å²) in [6.45, 7) is 1.83. The van der Waals surface area contributed by atoms with Crippen LogP contribution in [0, 0.1) is 0 Å². The Morgan fingerprint density at radius 3 is 2.24 bits per heavy atom. The number of nitrogens with zero attached hydrogens (tertiary/aromatic N) is 1. The number of benzene rings is 1. The van der Waals surface area contributed by atoms with E-state index in [-0.39, 0.29) is 24.3 Å². The van der Waals surface area contributed by atoms with E-state index < -0.39 is 11.7 Å². The van der Waals surface area contributed by atoms with Gasteiger partial charge in [0.15, 0.2) is 0 Å². The lowest BCUT2D eigenvalue weighted by atomic mass is 9.94. The molecular weight excluding hydrogens is 333 g/mol. The predicted octanol–water partition coefficient (Wildman–Crippen LogP) is 4.22. The molecule has 0 radical (unpaired) electrons. The van der Waals surface area contributed by atoms with Crippen molar-refractivity contribution >= 4 is 17.5 Å². The van der Waals surface area contributed by atoms with Crippen LogP contribution in [0.25, 0.3) is 0 Å². The highest BCUT2D eigenvalue weighted by atomic mass is 19.4. The van der Waals surface area contributed by atoms with E-state index in [1.807, 2.05) is 0 Å². The Morgan fingerprint density at radius 2 is 1.72 bits per heavy atom. The second-order valence-corrected chi connectivity index (χ2v) is 6.38. The molecule has 1 aromatic carbocycles. The maximum Gasteiger partial charge on any atom is 0.416 e. The van der Waals surface area contributed by atoms with Gasteiger partial charge in [0, 0.05) is 31.6 Å². The van der Waals surface area contributed by atoms with Crippen LogP contribution in [-0.2, 0) is 15.8 Å². The molecule has 0 aliphatic heterocycles. The zero-order valence-electron chi connectivity index (χ0n) is 14.2. The highest BCUT2D eigenvalue weighted by Crippen LogP contribution is 2.29. The van der Waals surface area contributed by atoms with Crippen LogP contribution in [0.5, 0.6) is 0 Å². The number of alkyl halides is 3. The Bertz CT molecular complexity index is 593. The van der Waals surface area contributed by atoms with Crippen LogP contribution in [0.1, 0.15) is 51.0 Å². The molecule has 4 nitrogen and oxygen atoms in total. The Labute approximate surface area is 145 Å². The van der Waals surface area contributed by atoms with E-state index in [1.165, 1.54) is 25.5 Å². The second kappa shape index (κ2) is 8.36. The number of nitrogens with one attached hydrogen (secondary N) is 1. The topological polar surface area (TPSA) is 49.4 Å². The van der Waals surface area contributed by atoms with Gasteiger partial charge in [-0.1, -0.05) is 19.3 Å². The molecule has 138 valence electrons. The number of rotatable bonds is 5. The first kappa shape index (κ1) is 19.3. The summed E-state index contributed by atoms with van der Waals surface area (Å²) < 4.78 is 37.6. The van der Waals surface area contributed by atoms with Crippen LogP contribution < -0.4 is 5.32 Å². The van der Waals surface area contributed by atoms with E-state index in [9.17, 15) is 22.8 Å². The second-order valence-electron chi connectivity index (χ2n) is 6.38. The third kappa shape index (κ3) is 5.76. The van der Waals surface area contributed by atoms with Crippen LogP contribution in [-0.4, -0.2) is 29.3 Å². The van der Waals surface area contributed by atoms with Gasteiger partial charge in [0.2, 0.25) is 11.8 Å². The molecule has 0 unspecified atom stereocenters. The van der Waals surface area contributed by atoms with Gasteiger partial charge in [-0.2, -0.15) is 13.2 Å². The number of halogens is 3. The van der Waals surface area contributed by atoms with Crippen molar-refractivity contribution in [2.45, 2.75) is 57.7 Å². The first-order chi connectivity index (χ1) is 11.8. The van der Waals surface area contributed by atoms with Crippen LogP contribution in [0.15, 0.2) is 24.3 Å². The van der Waals surface area contributed by atoms with Crippen LogP contribution in [0.2, 0.25) is 0 Å². The monoisotopic (exact) mass is 356 g/mol. The summed E-state index contributed by atoms with van der Waals surface area (Å²) in [5.74, 6) is -0.365. The maximum atomic E-state index is 12.5. The summed E-state index contributed by atoms with van der Waals surface area (Å²) >= 11 is 0. The molecule has 0 saturated heterocycles. The molecule has 1 saturated carbocycles. The summed E-state index contributed by atoms with van der Waals surface area (Å²) in [5.41, 5.74) is -0.449. The Hall–Kier alpha value is -2.05. The Balaban J connectivity index is 1.87. The van der Waals surface area contributed by atoms with Crippen molar-refractivity contribution < 1.29 is 22.8 Å². The van der Waals surface area contributed by atoms with Gasteiger partial charge in [0.05, 0.1) is 5.56 Å². The van der Waals surface area contributed by atoms with E-state index >= 15 is 0 Å². The van der Waals surface area contributed by atoms with Crippen molar-refractivity contribution in [3.8, 4) is 0 Å². The third-order valence-electron chi connectivity index (χ3n) is 4.50. The fourth-order valence-corrected chi connectivity index (χ4v) is 3.18. The van der Waals surface area contributed by atoms with Crippen molar-refractivity contribution in [3.05, 3.63) is 29.8 Å². The first-order valence-electron chi connectivity index (χ1n) is 8.51. The van der Waals surface area contributed by atoms with Gasteiger partial charge in [0.1, 0.15) is 0 Å². The van der Waals surface area contributed by atoms with Gasteiger partial charge in [-0.25, -0.2) is 0 Å². The van der Waals surface area contributed by atoms with Gasteiger partial charge >= 0.3 is 6.18 Å². The number of carbonyl (C=O) groups excluding carboxylic acids is 2. The largest absolute Gasteiger partial charge is 0.416 e.